The Hall–Kier alpha value is -2.96. The van der Waals surface area contributed by atoms with Crippen molar-refractivity contribution in [3.8, 4) is 17.2 Å². The number of ether oxygens (including phenoxy) is 4. The number of methoxy groups -OCH3 is 2. The molecule has 1 aromatic carbocycles. The molecule has 0 bridgehead atoms. The van der Waals surface area contributed by atoms with Gasteiger partial charge in [0.25, 0.3) is 0 Å². The molecule has 1 N–H and O–H groups in total. The Kier molecular flexibility index (Phi) is 7.28. The number of carbonyl (C=O) groups is 1. The fraction of sp³-hybridized carbons (Fsp3) is 0.400. The molecule has 1 aromatic heterocycles. The van der Waals surface area contributed by atoms with E-state index in [-0.39, 0.29) is 17.8 Å². The normalized spacial score (nSPS) is 10.6. The molecule has 0 spiro atoms. The average molecular weight is 375 g/mol. The standard InChI is InChI=1S/C20H25NO6/c1-13(2)7-8-26-19-11-21-15(10-16(19)22)12-27-20(23)14-5-6-17(24-3)18(9-14)25-4/h5-6,9-11,13H,7-8,12H2,1-4H3,(H,21,22). The van der Waals surface area contributed by atoms with E-state index in [2.05, 4.69) is 18.8 Å². The molecule has 2 rings (SSSR count). The molecule has 0 aliphatic rings. The van der Waals surface area contributed by atoms with Gasteiger partial charge in [-0.05, 0) is 30.5 Å². The van der Waals surface area contributed by atoms with Gasteiger partial charge in [0.1, 0.15) is 6.61 Å². The highest BCUT2D eigenvalue weighted by Gasteiger charge is 2.13. The van der Waals surface area contributed by atoms with Gasteiger partial charge in [-0.2, -0.15) is 0 Å². The first-order chi connectivity index (χ1) is 12.9. The van der Waals surface area contributed by atoms with E-state index >= 15 is 0 Å². The Morgan fingerprint density at radius 2 is 1.81 bits per heavy atom. The Labute approximate surface area is 158 Å². The minimum absolute atomic E-state index is 0.0608. The molecule has 27 heavy (non-hydrogen) atoms. The number of nitrogens with one attached hydrogen (secondary N) is 1. The molecule has 7 nitrogen and oxygen atoms in total. The van der Waals surface area contributed by atoms with E-state index in [4.69, 9.17) is 18.9 Å². The van der Waals surface area contributed by atoms with Gasteiger partial charge in [0.15, 0.2) is 17.2 Å². The van der Waals surface area contributed by atoms with Gasteiger partial charge >= 0.3 is 5.97 Å². The number of H-pyrrole nitrogens is 1. The predicted octanol–water partition coefficient (Wildman–Crippen LogP) is 3.17. The number of aromatic nitrogens is 1. The molecule has 0 atom stereocenters. The SMILES string of the molecule is COc1ccc(C(=O)OCc2cc(=O)c(OCCC(C)C)c[nH]2)cc1OC. The van der Waals surface area contributed by atoms with Crippen molar-refractivity contribution in [2.45, 2.75) is 26.9 Å². The number of benzene rings is 1. The summed E-state index contributed by atoms with van der Waals surface area (Å²) in [7, 11) is 3.00. The lowest BCUT2D eigenvalue weighted by Crippen LogP contribution is -2.13. The summed E-state index contributed by atoms with van der Waals surface area (Å²) < 4.78 is 21.0. The van der Waals surface area contributed by atoms with E-state index < -0.39 is 5.97 Å². The van der Waals surface area contributed by atoms with Crippen molar-refractivity contribution < 1.29 is 23.7 Å². The van der Waals surface area contributed by atoms with Crippen LogP contribution >= 0.6 is 0 Å². The highest BCUT2D eigenvalue weighted by Crippen LogP contribution is 2.27. The lowest BCUT2D eigenvalue weighted by molar-refractivity contribution is 0.0467. The van der Waals surface area contributed by atoms with E-state index in [0.717, 1.165) is 6.42 Å². The van der Waals surface area contributed by atoms with E-state index in [1.54, 1.807) is 12.1 Å². The van der Waals surface area contributed by atoms with Crippen molar-refractivity contribution in [1.29, 1.82) is 0 Å². The van der Waals surface area contributed by atoms with Crippen molar-refractivity contribution in [3.05, 3.63) is 51.9 Å². The van der Waals surface area contributed by atoms with Crippen LogP contribution in [0.15, 0.2) is 35.3 Å². The Morgan fingerprint density at radius 1 is 1.07 bits per heavy atom. The lowest BCUT2D eigenvalue weighted by atomic mass is 10.1. The fourth-order valence-electron chi connectivity index (χ4n) is 2.29. The number of pyridine rings is 1. The summed E-state index contributed by atoms with van der Waals surface area (Å²) in [5, 5.41) is 0. The molecule has 0 aliphatic heterocycles. The van der Waals surface area contributed by atoms with Crippen molar-refractivity contribution >= 4 is 5.97 Å². The van der Waals surface area contributed by atoms with Crippen LogP contribution < -0.4 is 19.6 Å². The molecule has 2 aromatic rings. The van der Waals surface area contributed by atoms with Crippen LogP contribution in [0.25, 0.3) is 0 Å². The summed E-state index contributed by atoms with van der Waals surface area (Å²) in [6.45, 7) is 4.59. The molecular weight excluding hydrogens is 350 g/mol. The molecule has 146 valence electrons. The van der Waals surface area contributed by atoms with Crippen LogP contribution in [0.3, 0.4) is 0 Å². The van der Waals surface area contributed by atoms with Crippen molar-refractivity contribution in [3.63, 3.8) is 0 Å². The molecule has 0 radical (unpaired) electrons. The van der Waals surface area contributed by atoms with Crippen molar-refractivity contribution in [1.82, 2.24) is 4.98 Å². The molecule has 0 saturated carbocycles. The average Bonchev–Trinajstić information content (AvgIpc) is 2.66. The van der Waals surface area contributed by atoms with Gasteiger partial charge in [-0.15, -0.1) is 0 Å². The molecule has 0 unspecified atom stereocenters. The summed E-state index contributed by atoms with van der Waals surface area (Å²) in [4.78, 5) is 27.2. The summed E-state index contributed by atoms with van der Waals surface area (Å²) in [5.41, 5.74) is 0.545. The third kappa shape index (κ3) is 5.77. The minimum Gasteiger partial charge on any atom is -0.493 e. The number of esters is 1. The second-order valence-corrected chi connectivity index (χ2v) is 6.36. The fourth-order valence-corrected chi connectivity index (χ4v) is 2.29. The second-order valence-electron chi connectivity index (χ2n) is 6.36. The molecule has 0 fully saturated rings. The van der Waals surface area contributed by atoms with Crippen LogP contribution in [0, 0.1) is 5.92 Å². The molecule has 7 heteroatoms. The van der Waals surface area contributed by atoms with Crippen LogP contribution in [0.1, 0.15) is 36.3 Å². The van der Waals surface area contributed by atoms with Gasteiger partial charge in [0, 0.05) is 12.3 Å². The molecule has 0 saturated heterocycles. The first-order valence-electron chi connectivity index (χ1n) is 8.68. The summed E-state index contributed by atoms with van der Waals surface area (Å²) in [6, 6.07) is 6.11. The smallest absolute Gasteiger partial charge is 0.338 e. The van der Waals surface area contributed by atoms with Gasteiger partial charge < -0.3 is 23.9 Å². The Morgan fingerprint density at radius 3 is 2.44 bits per heavy atom. The van der Waals surface area contributed by atoms with Crippen molar-refractivity contribution in [2.24, 2.45) is 5.92 Å². The molecule has 1 heterocycles. The van der Waals surface area contributed by atoms with E-state index in [0.29, 0.717) is 35.3 Å². The zero-order valence-electron chi connectivity index (χ0n) is 16.0. The van der Waals surface area contributed by atoms with E-state index in [1.165, 1.54) is 32.5 Å². The first-order valence-corrected chi connectivity index (χ1v) is 8.68. The first kappa shape index (κ1) is 20.4. The van der Waals surface area contributed by atoms with Crippen LogP contribution in [0.2, 0.25) is 0 Å². The van der Waals surface area contributed by atoms with Gasteiger partial charge in [-0.1, -0.05) is 13.8 Å². The topological polar surface area (TPSA) is 86.9 Å². The number of aromatic amines is 1. The van der Waals surface area contributed by atoms with Gasteiger partial charge in [-0.25, -0.2) is 4.79 Å². The quantitative estimate of drug-likeness (QED) is 0.678. The molecule has 0 amide bonds. The maximum absolute atomic E-state index is 12.2. The third-order valence-electron chi connectivity index (χ3n) is 3.87. The van der Waals surface area contributed by atoms with Gasteiger partial charge in [-0.3, -0.25) is 4.79 Å². The van der Waals surface area contributed by atoms with Gasteiger partial charge in [0.2, 0.25) is 5.43 Å². The van der Waals surface area contributed by atoms with Crippen LogP contribution in [-0.4, -0.2) is 31.8 Å². The molecular formula is C20H25NO6. The van der Waals surface area contributed by atoms with Crippen LogP contribution in [-0.2, 0) is 11.3 Å². The van der Waals surface area contributed by atoms with Gasteiger partial charge in [0.05, 0.1) is 32.1 Å². The Balaban J connectivity index is 1.97. The lowest BCUT2D eigenvalue weighted by Gasteiger charge is -2.10. The van der Waals surface area contributed by atoms with Crippen LogP contribution in [0.5, 0.6) is 17.2 Å². The van der Waals surface area contributed by atoms with E-state index in [1.807, 2.05) is 0 Å². The maximum Gasteiger partial charge on any atom is 0.338 e. The summed E-state index contributed by atoms with van der Waals surface area (Å²) in [6.07, 6.45) is 2.35. The Bertz CT molecular complexity index is 827. The number of hydrogen-bond donors (Lipinski definition) is 1. The maximum atomic E-state index is 12.2. The largest absolute Gasteiger partial charge is 0.493 e. The van der Waals surface area contributed by atoms with Crippen molar-refractivity contribution in [2.75, 3.05) is 20.8 Å². The zero-order valence-corrected chi connectivity index (χ0v) is 16.0. The summed E-state index contributed by atoms with van der Waals surface area (Å²) in [5.74, 6) is 1.17. The van der Waals surface area contributed by atoms with E-state index in [9.17, 15) is 9.59 Å². The number of hydrogen-bond acceptors (Lipinski definition) is 6. The minimum atomic E-state index is -0.533. The molecule has 0 aliphatic carbocycles. The van der Waals surface area contributed by atoms with Crippen LogP contribution in [0.4, 0.5) is 0 Å². The third-order valence-corrected chi connectivity index (χ3v) is 3.87. The zero-order chi connectivity index (χ0) is 19.8. The highest BCUT2D eigenvalue weighted by atomic mass is 16.5. The number of carbonyl (C=O) groups excluding carboxylic acids is 1. The predicted molar refractivity (Wildman–Crippen MR) is 101 cm³/mol. The highest BCUT2D eigenvalue weighted by molar-refractivity contribution is 5.90. The second kappa shape index (κ2) is 9.66. The monoisotopic (exact) mass is 375 g/mol. The number of rotatable bonds is 9. The summed E-state index contributed by atoms with van der Waals surface area (Å²) >= 11 is 0.